The van der Waals surface area contributed by atoms with Crippen LogP contribution in [0.5, 0.6) is 0 Å². The molecule has 10 aromatic rings. The molecule has 0 saturated heterocycles. The van der Waals surface area contributed by atoms with Gasteiger partial charge in [0.15, 0.2) is 0 Å². The minimum Gasteiger partial charge on any atom is -0.310 e. The van der Waals surface area contributed by atoms with E-state index in [4.69, 9.17) is 0 Å². The summed E-state index contributed by atoms with van der Waals surface area (Å²) >= 11 is 1.86. The van der Waals surface area contributed by atoms with Crippen LogP contribution in [0.15, 0.2) is 200 Å². The monoisotopic (exact) mass is 679 g/mol. The van der Waals surface area contributed by atoms with E-state index in [0.29, 0.717) is 0 Å². The molecule has 0 fully saturated rings. The fourth-order valence-corrected chi connectivity index (χ4v) is 8.74. The van der Waals surface area contributed by atoms with Crippen molar-refractivity contribution in [3.63, 3.8) is 0 Å². The molecule has 0 aliphatic heterocycles. The van der Waals surface area contributed by atoms with E-state index in [1.165, 1.54) is 80.8 Å². The molecule has 52 heavy (non-hydrogen) atoms. The Hall–Kier alpha value is -6.48. The molecule has 1 heterocycles. The van der Waals surface area contributed by atoms with Crippen LogP contribution < -0.4 is 4.90 Å². The lowest BCUT2D eigenvalue weighted by Crippen LogP contribution is -2.10. The van der Waals surface area contributed by atoms with Crippen molar-refractivity contribution >= 4 is 70.1 Å². The van der Waals surface area contributed by atoms with Crippen LogP contribution in [0, 0.1) is 0 Å². The predicted octanol–water partition coefficient (Wildman–Crippen LogP) is 14.8. The minimum absolute atomic E-state index is 1.13. The Balaban J connectivity index is 1.13. The molecule has 0 bridgehead atoms. The van der Waals surface area contributed by atoms with E-state index in [1.54, 1.807) is 0 Å². The van der Waals surface area contributed by atoms with Crippen LogP contribution in [0.25, 0.3) is 75.1 Å². The highest BCUT2D eigenvalue weighted by Gasteiger charge is 2.19. The number of nitrogens with zero attached hydrogens (tertiary/aromatic N) is 1. The van der Waals surface area contributed by atoms with Gasteiger partial charge in [0.05, 0.1) is 5.69 Å². The highest BCUT2D eigenvalue weighted by Crippen LogP contribution is 2.46. The minimum atomic E-state index is 1.13. The van der Waals surface area contributed by atoms with Crippen molar-refractivity contribution in [3.05, 3.63) is 200 Å². The first-order valence-electron chi connectivity index (χ1n) is 17.7. The van der Waals surface area contributed by atoms with E-state index in [0.717, 1.165) is 11.4 Å². The van der Waals surface area contributed by atoms with E-state index in [-0.39, 0.29) is 0 Å². The number of benzene rings is 9. The van der Waals surface area contributed by atoms with Crippen LogP contribution in [0.3, 0.4) is 0 Å². The van der Waals surface area contributed by atoms with Crippen LogP contribution in [0.4, 0.5) is 17.1 Å². The smallest absolute Gasteiger partial charge is 0.0554 e. The van der Waals surface area contributed by atoms with Crippen molar-refractivity contribution in [1.82, 2.24) is 0 Å². The lowest BCUT2D eigenvalue weighted by Gasteiger charge is -2.27. The second-order valence-corrected chi connectivity index (χ2v) is 14.5. The molecule has 0 aliphatic rings. The van der Waals surface area contributed by atoms with Crippen molar-refractivity contribution in [1.29, 1.82) is 0 Å². The van der Waals surface area contributed by atoms with Gasteiger partial charge in [0.25, 0.3) is 0 Å². The van der Waals surface area contributed by atoms with Gasteiger partial charge in [-0.15, -0.1) is 11.3 Å². The van der Waals surface area contributed by atoms with Crippen LogP contribution in [-0.4, -0.2) is 0 Å². The lowest BCUT2D eigenvalue weighted by atomic mass is 9.96. The molecule has 1 aromatic heterocycles. The van der Waals surface area contributed by atoms with E-state index in [9.17, 15) is 0 Å². The Labute approximate surface area is 307 Å². The van der Waals surface area contributed by atoms with Gasteiger partial charge in [-0.05, 0) is 116 Å². The number of thiophene rings is 1. The van der Waals surface area contributed by atoms with Gasteiger partial charge in [-0.3, -0.25) is 0 Å². The third kappa shape index (κ3) is 5.42. The SMILES string of the molecule is c1ccc(-c2cccc(N(c3ccc4ccc(-c5ccc6ccc(-c7ccccc7)cc6c5)cc4c3)c3cccc4sc5ccccc5c34)c2)cc1. The summed E-state index contributed by atoms with van der Waals surface area (Å²) in [4.78, 5) is 2.45. The molecule has 0 aliphatic carbocycles. The number of fused-ring (bicyclic) bond motifs is 5. The molecule has 9 aromatic carbocycles. The summed E-state index contributed by atoms with van der Waals surface area (Å²) < 4.78 is 2.59. The summed E-state index contributed by atoms with van der Waals surface area (Å²) in [5, 5.41) is 7.49. The summed E-state index contributed by atoms with van der Waals surface area (Å²) in [5.41, 5.74) is 10.7. The normalized spacial score (nSPS) is 11.5. The number of hydrogen-bond acceptors (Lipinski definition) is 2. The second-order valence-electron chi connectivity index (χ2n) is 13.4. The Bertz CT molecular complexity index is 2910. The molecule has 0 N–H and O–H groups in total. The zero-order chi connectivity index (χ0) is 34.4. The summed E-state index contributed by atoms with van der Waals surface area (Å²) in [7, 11) is 0. The third-order valence-corrected chi connectivity index (χ3v) is 11.3. The van der Waals surface area contributed by atoms with Crippen LogP contribution in [0.2, 0.25) is 0 Å². The van der Waals surface area contributed by atoms with E-state index in [1.807, 2.05) is 11.3 Å². The number of anilines is 3. The quantitative estimate of drug-likeness (QED) is 0.169. The van der Waals surface area contributed by atoms with Gasteiger partial charge < -0.3 is 4.90 Å². The second kappa shape index (κ2) is 12.7. The number of hydrogen-bond donors (Lipinski definition) is 0. The van der Waals surface area contributed by atoms with Gasteiger partial charge >= 0.3 is 0 Å². The summed E-state index contributed by atoms with van der Waals surface area (Å²) in [6, 6.07) is 73.0. The van der Waals surface area contributed by atoms with Gasteiger partial charge in [0, 0.05) is 31.5 Å². The highest BCUT2D eigenvalue weighted by atomic mass is 32.1. The molecule has 244 valence electrons. The molecule has 1 nitrogen and oxygen atoms in total. The van der Waals surface area contributed by atoms with E-state index >= 15 is 0 Å². The van der Waals surface area contributed by atoms with Crippen LogP contribution >= 0.6 is 11.3 Å². The lowest BCUT2D eigenvalue weighted by molar-refractivity contribution is 1.31. The highest BCUT2D eigenvalue weighted by molar-refractivity contribution is 7.26. The molecule has 2 heteroatoms. The topological polar surface area (TPSA) is 3.24 Å². The fraction of sp³-hybridized carbons (Fsp3) is 0. The van der Waals surface area contributed by atoms with Crippen LogP contribution in [0.1, 0.15) is 0 Å². The van der Waals surface area contributed by atoms with Gasteiger partial charge in [0.2, 0.25) is 0 Å². The molecule has 0 spiro atoms. The van der Waals surface area contributed by atoms with Gasteiger partial charge in [-0.25, -0.2) is 0 Å². The maximum Gasteiger partial charge on any atom is 0.0554 e. The summed E-state index contributed by atoms with van der Waals surface area (Å²) in [5.74, 6) is 0. The summed E-state index contributed by atoms with van der Waals surface area (Å²) in [6.07, 6.45) is 0. The van der Waals surface area contributed by atoms with Crippen molar-refractivity contribution in [2.24, 2.45) is 0 Å². The molecular formula is C50H33NS. The van der Waals surface area contributed by atoms with Gasteiger partial charge in [0.1, 0.15) is 0 Å². The predicted molar refractivity (Wildman–Crippen MR) is 225 cm³/mol. The van der Waals surface area contributed by atoms with Gasteiger partial charge in [-0.2, -0.15) is 0 Å². The maximum absolute atomic E-state index is 2.45. The number of rotatable bonds is 6. The van der Waals surface area contributed by atoms with Crippen molar-refractivity contribution < 1.29 is 0 Å². The Morgan fingerprint density at radius 3 is 1.50 bits per heavy atom. The first kappa shape index (κ1) is 30.4. The van der Waals surface area contributed by atoms with Crippen molar-refractivity contribution in [3.8, 4) is 33.4 Å². The molecule has 0 amide bonds. The summed E-state index contributed by atoms with van der Waals surface area (Å²) in [6.45, 7) is 0. The average Bonchev–Trinajstić information content (AvgIpc) is 3.61. The fourth-order valence-electron chi connectivity index (χ4n) is 7.61. The standard InChI is InChI=1S/C50H33NS/c1-3-11-34(12-4-1)38-15-9-16-44(32-38)51(47-18-10-20-49-50(47)46-17-7-8-19-48(46)52-49)45-28-27-37-23-26-41(31-43(37)33-45)40-25-22-36-21-24-39(29-42(36)30-40)35-13-5-2-6-14-35/h1-33H. The Morgan fingerprint density at radius 2 is 0.808 bits per heavy atom. The molecule has 0 radical (unpaired) electrons. The largest absolute Gasteiger partial charge is 0.310 e. The molecule has 10 rings (SSSR count). The zero-order valence-electron chi connectivity index (χ0n) is 28.4. The van der Waals surface area contributed by atoms with Crippen molar-refractivity contribution in [2.45, 2.75) is 0 Å². The van der Waals surface area contributed by atoms with Crippen LogP contribution in [-0.2, 0) is 0 Å². The third-order valence-electron chi connectivity index (χ3n) is 10.2. The Kier molecular flexibility index (Phi) is 7.41. The average molecular weight is 680 g/mol. The first-order chi connectivity index (χ1) is 25.7. The molecular weight excluding hydrogens is 647 g/mol. The van der Waals surface area contributed by atoms with E-state index < -0.39 is 0 Å². The molecule has 0 unspecified atom stereocenters. The van der Waals surface area contributed by atoms with E-state index in [2.05, 4.69) is 205 Å². The zero-order valence-corrected chi connectivity index (χ0v) is 29.2. The van der Waals surface area contributed by atoms with Gasteiger partial charge in [-0.1, -0.05) is 140 Å². The maximum atomic E-state index is 2.45. The Morgan fingerprint density at radius 1 is 0.308 bits per heavy atom. The molecule has 0 atom stereocenters. The van der Waals surface area contributed by atoms with Crippen molar-refractivity contribution in [2.75, 3.05) is 4.90 Å². The molecule has 0 saturated carbocycles. The first-order valence-corrected chi connectivity index (χ1v) is 18.6.